The fourth-order valence-corrected chi connectivity index (χ4v) is 1.54. The molecule has 1 aromatic carbocycles. The summed E-state index contributed by atoms with van der Waals surface area (Å²) in [5.41, 5.74) is 0.501. The highest BCUT2D eigenvalue weighted by molar-refractivity contribution is 5.76. The Morgan fingerprint density at radius 2 is 2.12 bits per heavy atom. The molecule has 0 radical (unpaired) electrons. The molecule has 0 aliphatic carbocycles. The lowest BCUT2D eigenvalue weighted by Crippen LogP contribution is -2.26. The Labute approximate surface area is 99.0 Å². The van der Waals surface area contributed by atoms with Crippen LogP contribution in [0.25, 0.3) is 10.9 Å². The van der Waals surface area contributed by atoms with Gasteiger partial charge in [-0.2, -0.15) is 0 Å². The highest BCUT2D eigenvalue weighted by Gasteiger charge is 2.04. The smallest absolute Gasteiger partial charge is 0.277 e. The minimum atomic E-state index is -0.122. The zero-order valence-electron chi connectivity index (χ0n) is 9.96. The molecule has 1 aromatic heterocycles. The summed E-state index contributed by atoms with van der Waals surface area (Å²) in [5.74, 6) is 0. The predicted octanol–water partition coefficient (Wildman–Crippen LogP) is 1.22. The lowest BCUT2D eigenvalue weighted by Gasteiger charge is -2.08. The zero-order chi connectivity index (χ0) is 12.3. The van der Waals surface area contributed by atoms with E-state index in [0.29, 0.717) is 24.1 Å². The number of rotatable bonds is 4. The van der Waals surface area contributed by atoms with E-state index in [2.05, 4.69) is 10.3 Å². The first-order chi connectivity index (χ1) is 8.18. The summed E-state index contributed by atoms with van der Waals surface area (Å²) in [6, 6.07) is 7.19. The number of aromatic nitrogens is 3. The van der Waals surface area contributed by atoms with Crippen molar-refractivity contribution in [1.29, 1.82) is 0 Å². The highest BCUT2D eigenvalue weighted by Crippen LogP contribution is 2.03. The van der Waals surface area contributed by atoms with Crippen molar-refractivity contribution in [3.63, 3.8) is 0 Å². The molecule has 17 heavy (non-hydrogen) atoms. The number of fused-ring (bicyclic) bond motifs is 1. The standard InChI is InChI=1S/C12H15N3O2/c1-9(2)17-8-7-15-12(16)10-5-3-4-6-11(10)13-14-15/h3-6,9H,7-8H2,1-2H3. The molecule has 0 bridgehead atoms. The highest BCUT2D eigenvalue weighted by atomic mass is 16.5. The van der Waals surface area contributed by atoms with Gasteiger partial charge >= 0.3 is 0 Å². The van der Waals surface area contributed by atoms with Gasteiger partial charge in [-0.1, -0.05) is 17.3 Å². The lowest BCUT2D eigenvalue weighted by atomic mass is 10.2. The van der Waals surface area contributed by atoms with Crippen LogP contribution in [-0.4, -0.2) is 27.7 Å². The van der Waals surface area contributed by atoms with Crippen molar-refractivity contribution in [3.05, 3.63) is 34.6 Å². The zero-order valence-corrected chi connectivity index (χ0v) is 9.96. The van der Waals surface area contributed by atoms with E-state index >= 15 is 0 Å². The summed E-state index contributed by atoms with van der Waals surface area (Å²) in [4.78, 5) is 12.0. The second-order valence-electron chi connectivity index (χ2n) is 4.05. The number of nitrogens with zero attached hydrogens (tertiary/aromatic N) is 3. The van der Waals surface area contributed by atoms with Crippen molar-refractivity contribution in [1.82, 2.24) is 15.0 Å². The van der Waals surface area contributed by atoms with Gasteiger partial charge < -0.3 is 4.74 Å². The van der Waals surface area contributed by atoms with E-state index in [1.165, 1.54) is 4.68 Å². The van der Waals surface area contributed by atoms with E-state index in [4.69, 9.17) is 4.74 Å². The fraction of sp³-hybridized carbons (Fsp3) is 0.417. The molecule has 5 heteroatoms. The molecule has 2 rings (SSSR count). The van der Waals surface area contributed by atoms with E-state index in [0.717, 1.165) is 0 Å². The van der Waals surface area contributed by atoms with Gasteiger partial charge in [-0.05, 0) is 26.0 Å². The number of ether oxygens (including phenoxy) is 1. The van der Waals surface area contributed by atoms with Crippen LogP contribution in [0.5, 0.6) is 0 Å². The van der Waals surface area contributed by atoms with Crippen molar-refractivity contribution in [2.45, 2.75) is 26.5 Å². The quantitative estimate of drug-likeness (QED) is 0.796. The summed E-state index contributed by atoms with van der Waals surface area (Å²) in [6.07, 6.45) is 0.152. The van der Waals surface area contributed by atoms with E-state index in [1.54, 1.807) is 12.1 Å². The molecule has 0 spiro atoms. The summed E-state index contributed by atoms with van der Waals surface area (Å²) >= 11 is 0. The van der Waals surface area contributed by atoms with Crippen LogP contribution in [0.2, 0.25) is 0 Å². The molecule has 1 heterocycles. The van der Waals surface area contributed by atoms with Gasteiger partial charge in [0.25, 0.3) is 5.56 Å². The van der Waals surface area contributed by atoms with Gasteiger partial charge in [0, 0.05) is 0 Å². The second kappa shape index (κ2) is 5.05. The first-order valence-electron chi connectivity index (χ1n) is 5.62. The average molecular weight is 233 g/mol. The maximum atomic E-state index is 12.0. The normalized spacial score (nSPS) is 11.2. The van der Waals surface area contributed by atoms with Crippen molar-refractivity contribution < 1.29 is 4.74 Å². The van der Waals surface area contributed by atoms with E-state index in [9.17, 15) is 4.79 Å². The topological polar surface area (TPSA) is 57.0 Å². The molecule has 0 fully saturated rings. The van der Waals surface area contributed by atoms with Gasteiger partial charge in [-0.25, -0.2) is 4.68 Å². The molecule has 0 N–H and O–H groups in total. The van der Waals surface area contributed by atoms with Crippen LogP contribution in [0.4, 0.5) is 0 Å². The molecular weight excluding hydrogens is 218 g/mol. The Morgan fingerprint density at radius 3 is 2.88 bits per heavy atom. The SMILES string of the molecule is CC(C)OCCn1nnc2ccccc2c1=O. The second-order valence-corrected chi connectivity index (χ2v) is 4.05. The van der Waals surface area contributed by atoms with Crippen molar-refractivity contribution in [2.24, 2.45) is 0 Å². The number of benzene rings is 1. The average Bonchev–Trinajstić information content (AvgIpc) is 2.32. The molecule has 0 aliphatic rings. The van der Waals surface area contributed by atoms with Crippen LogP contribution in [0, 0.1) is 0 Å². The molecule has 5 nitrogen and oxygen atoms in total. The minimum Gasteiger partial charge on any atom is -0.377 e. The molecule has 0 aliphatic heterocycles. The van der Waals surface area contributed by atoms with Crippen LogP contribution in [0.3, 0.4) is 0 Å². The fourth-order valence-electron chi connectivity index (χ4n) is 1.54. The molecule has 0 atom stereocenters. The number of hydrogen-bond acceptors (Lipinski definition) is 4. The monoisotopic (exact) mass is 233 g/mol. The van der Waals surface area contributed by atoms with Crippen LogP contribution in [-0.2, 0) is 11.3 Å². The van der Waals surface area contributed by atoms with E-state index < -0.39 is 0 Å². The van der Waals surface area contributed by atoms with Gasteiger partial charge in [0.1, 0.15) is 5.52 Å². The van der Waals surface area contributed by atoms with Crippen molar-refractivity contribution in [3.8, 4) is 0 Å². The van der Waals surface area contributed by atoms with Crippen molar-refractivity contribution >= 4 is 10.9 Å². The first kappa shape index (κ1) is 11.7. The van der Waals surface area contributed by atoms with Crippen LogP contribution in [0.15, 0.2) is 29.1 Å². The van der Waals surface area contributed by atoms with E-state index in [-0.39, 0.29) is 11.7 Å². The molecule has 0 unspecified atom stereocenters. The summed E-state index contributed by atoms with van der Waals surface area (Å²) in [5, 5.41) is 8.46. The molecule has 2 aromatic rings. The summed E-state index contributed by atoms with van der Waals surface area (Å²) in [6.45, 7) is 4.79. The third kappa shape index (κ3) is 2.68. The largest absolute Gasteiger partial charge is 0.377 e. The molecule has 0 saturated heterocycles. The Hall–Kier alpha value is -1.75. The Bertz CT molecular complexity index is 563. The van der Waals surface area contributed by atoms with Crippen molar-refractivity contribution in [2.75, 3.05) is 6.61 Å². The van der Waals surface area contributed by atoms with Gasteiger partial charge in [0.15, 0.2) is 0 Å². The maximum Gasteiger partial charge on any atom is 0.277 e. The van der Waals surface area contributed by atoms with Gasteiger partial charge in [0.2, 0.25) is 0 Å². The van der Waals surface area contributed by atoms with Gasteiger partial charge in [-0.15, -0.1) is 5.10 Å². The number of hydrogen-bond donors (Lipinski definition) is 0. The van der Waals surface area contributed by atoms with Crippen LogP contribution < -0.4 is 5.56 Å². The maximum absolute atomic E-state index is 12.0. The third-order valence-electron chi connectivity index (χ3n) is 2.38. The molecular formula is C12H15N3O2. The van der Waals surface area contributed by atoms with Gasteiger partial charge in [-0.3, -0.25) is 4.79 Å². The third-order valence-corrected chi connectivity index (χ3v) is 2.38. The Kier molecular flexibility index (Phi) is 3.49. The first-order valence-corrected chi connectivity index (χ1v) is 5.62. The Balaban J connectivity index is 2.24. The minimum absolute atomic E-state index is 0.122. The summed E-state index contributed by atoms with van der Waals surface area (Å²) < 4.78 is 6.72. The Morgan fingerprint density at radius 1 is 1.35 bits per heavy atom. The lowest BCUT2D eigenvalue weighted by molar-refractivity contribution is 0.0698. The molecule has 0 amide bonds. The van der Waals surface area contributed by atoms with Crippen LogP contribution in [0.1, 0.15) is 13.8 Å². The van der Waals surface area contributed by atoms with Crippen LogP contribution >= 0.6 is 0 Å². The van der Waals surface area contributed by atoms with Gasteiger partial charge in [0.05, 0.1) is 24.6 Å². The van der Waals surface area contributed by atoms with E-state index in [1.807, 2.05) is 26.0 Å². The predicted molar refractivity (Wildman–Crippen MR) is 64.9 cm³/mol. The molecule has 90 valence electrons. The summed E-state index contributed by atoms with van der Waals surface area (Å²) in [7, 11) is 0. The molecule has 0 saturated carbocycles.